The van der Waals surface area contributed by atoms with Crippen LogP contribution in [-0.4, -0.2) is 41.0 Å². The number of nitrogens with zero attached hydrogens (tertiary/aromatic N) is 1. The van der Waals surface area contributed by atoms with Gasteiger partial charge in [0.15, 0.2) is 0 Å². The lowest BCUT2D eigenvalue weighted by Gasteiger charge is -2.33. The second kappa shape index (κ2) is 5.81. The lowest BCUT2D eigenvalue weighted by atomic mass is 10.1. The van der Waals surface area contributed by atoms with E-state index in [-0.39, 0.29) is 23.1 Å². The Bertz CT molecular complexity index is 548. The zero-order chi connectivity index (χ0) is 14.2. The lowest BCUT2D eigenvalue weighted by Crippen LogP contribution is -2.55. The quantitative estimate of drug-likeness (QED) is 0.593. The average molecular weight is 486 g/mol. The summed E-state index contributed by atoms with van der Waals surface area (Å²) in [5.74, 6) is -0.500. The van der Waals surface area contributed by atoms with Crippen LogP contribution in [-0.2, 0) is 4.79 Å². The molecule has 1 unspecified atom stereocenters. The van der Waals surface area contributed by atoms with E-state index in [1.807, 2.05) is 22.6 Å². The molecule has 0 spiro atoms. The predicted molar refractivity (Wildman–Crippen MR) is 87.0 cm³/mol. The minimum atomic E-state index is -0.517. The molecule has 1 atom stereocenters. The molecule has 0 aliphatic carbocycles. The number of halogens is 2. The first-order valence-corrected chi connectivity index (χ1v) is 7.84. The number of rotatable bonds is 1. The molecule has 0 bridgehead atoms. The molecule has 5 nitrogen and oxygen atoms in total. The van der Waals surface area contributed by atoms with Gasteiger partial charge in [-0.05, 0) is 64.2 Å². The van der Waals surface area contributed by atoms with Crippen molar-refractivity contribution in [2.24, 2.45) is 0 Å². The van der Waals surface area contributed by atoms with Crippen LogP contribution in [0.4, 0.5) is 0 Å². The van der Waals surface area contributed by atoms with E-state index in [1.54, 1.807) is 19.1 Å². The Labute approximate surface area is 138 Å². The topological polar surface area (TPSA) is 69.6 Å². The van der Waals surface area contributed by atoms with Crippen molar-refractivity contribution in [2.75, 3.05) is 13.1 Å². The minimum absolute atomic E-state index is 0.0239. The van der Waals surface area contributed by atoms with Crippen molar-refractivity contribution >= 4 is 57.0 Å². The number of nitrogens with one attached hydrogen (secondary N) is 1. The molecule has 2 rings (SSSR count). The van der Waals surface area contributed by atoms with Crippen LogP contribution in [0.3, 0.4) is 0 Å². The van der Waals surface area contributed by atoms with Crippen molar-refractivity contribution in [1.29, 1.82) is 0 Å². The fraction of sp³-hybridized carbons (Fsp3) is 0.333. The maximum absolute atomic E-state index is 12.5. The van der Waals surface area contributed by atoms with Gasteiger partial charge in [0.2, 0.25) is 5.91 Å². The van der Waals surface area contributed by atoms with Gasteiger partial charge in [0, 0.05) is 16.7 Å². The molecular weight excluding hydrogens is 474 g/mol. The molecule has 2 N–H and O–H groups in total. The molecule has 0 saturated carbocycles. The summed E-state index contributed by atoms with van der Waals surface area (Å²) in [5, 5.41) is 12.7. The predicted octanol–water partition coefficient (Wildman–Crippen LogP) is 1.56. The van der Waals surface area contributed by atoms with Crippen LogP contribution in [0, 0.1) is 7.14 Å². The van der Waals surface area contributed by atoms with E-state index in [0.29, 0.717) is 16.7 Å². The van der Waals surface area contributed by atoms with Gasteiger partial charge in [-0.3, -0.25) is 9.59 Å². The molecule has 1 aromatic rings. The number of phenols is 1. The third kappa shape index (κ3) is 2.96. The number of amides is 2. The molecule has 1 fully saturated rings. The molecule has 1 saturated heterocycles. The first-order valence-electron chi connectivity index (χ1n) is 5.68. The molecule has 2 amide bonds. The Kier molecular flexibility index (Phi) is 4.54. The van der Waals surface area contributed by atoms with Crippen molar-refractivity contribution in [2.45, 2.75) is 13.0 Å². The van der Waals surface area contributed by atoms with E-state index < -0.39 is 6.04 Å². The van der Waals surface area contributed by atoms with Crippen LogP contribution in [0.5, 0.6) is 5.75 Å². The van der Waals surface area contributed by atoms with Crippen LogP contribution in [0.15, 0.2) is 12.1 Å². The van der Waals surface area contributed by atoms with Gasteiger partial charge in [-0.2, -0.15) is 0 Å². The molecule has 1 aliphatic rings. The number of benzene rings is 1. The molecule has 0 radical (unpaired) electrons. The van der Waals surface area contributed by atoms with Crippen molar-refractivity contribution in [3.05, 3.63) is 24.8 Å². The maximum Gasteiger partial charge on any atom is 0.258 e. The lowest BCUT2D eigenvalue weighted by molar-refractivity contribution is -0.127. The van der Waals surface area contributed by atoms with Gasteiger partial charge in [-0.25, -0.2) is 0 Å². The zero-order valence-corrected chi connectivity index (χ0v) is 14.4. The van der Waals surface area contributed by atoms with Gasteiger partial charge in [0.25, 0.3) is 5.91 Å². The number of aromatic hydroxyl groups is 1. The fourth-order valence-electron chi connectivity index (χ4n) is 1.94. The molecule has 1 aliphatic heterocycles. The first-order chi connectivity index (χ1) is 8.91. The summed E-state index contributed by atoms with van der Waals surface area (Å²) in [6, 6.07) is 2.91. The van der Waals surface area contributed by atoms with Crippen molar-refractivity contribution < 1.29 is 14.7 Å². The number of hydrogen-bond acceptors (Lipinski definition) is 3. The highest BCUT2D eigenvalue weighted by molar-refractivity contribution is 14.1. The largest absolute Gasteiger partial charge is 0.506 e. The van der Waals surface area contributed by atoms with Crippen LogP contribution >= 0.6 is 45.2 Å². The summed E-state index contributed by atoms with van der Waals surface area (Å²) in [4.78, 5) is 25.5. The highest BCUT2D eigenvalue weighted by Crippen LogP contribution is 2.28. The molecule has 102 valence electrons. The molecule has 7 heteroatoms. The van der Waals surface area contributed by atoms with Crippen molar-refractivity contribution in [3.8, 4) is 5.75 Å². The molecule has 0 aromatic heterocycles. The van der Waals surface area contributed by atoms with E-state index in [2.05, 4.69) is 27.9 Å². The molecular formula is C12H12I2N2O3. The summed E-state index contributed by atoms with van der Waals surface area (Å²) in [5.41, 5.74) is 0.248. The van der Waals surface area contributed by atoms with Crippen molar-refractivity contribution in [3.63, 3.8) is 0 Å². The summed E-state index contributed by atoms with van der Waals surface area (Å²) < 4.78 is 1.50. The Balaban J connectivity index is 2.36. The van der Waals surface area contributed by atoms with Gasteiger partial charge in [0.05, 0.1) is 9.13 Å². The molecule has 1 heterocycles. The summed E-state index contributed by atoms with van der Waals surface area (Å²) in [7, 11) is 0. The smallest absolute Gasteiger partial charge is 0.258 e. The van der Waals surface area contributed by atoms with E-state index in [1.165, 1.54) is 4.90 Å². The average Bonchev–Trinajstić information content (AvgIpc) is 2.36. The van der Waals surface area contributed by atoms with Gasteiger partial charge < -0.3 is 15.3 Å². The van der Waals surface area contributed by atoms with Crippen LogP contribution in [0.25, 0.3) is 0 Å². The summed E-state index contributed by atoms with van der Waals surface area (Å²) in [6.07, 6.45) is 0. The summed E-state index contributed by atoms with van der Waals surface area (Å²) in [6.45, 7) is 2.58. The highest BCUT2D eigenvalue weighted by atomic mass is 127. The monoisotopic (exact) mass is 486 g/mol. The van der Waals surface area contributed by atoms with Gasteiger partial charge >= 0.3 is 0 Å². The Morgan fingerprint density at radius 2 is 2.16 bits per heavy atom. The van der Waals surface area contributed by atoms with Gasteiger partial charge in [-0.15, -0.1) is 0 Å². The Hall–Kier alpha value is -0.580. The normalized spacial score (nSPS) is 19.2. The van der Waals surface area contributed by atoms with Gasteiger partial charge in [-0.1, -0.05) is 0 Å². The zero-order valence-electron chi connectivity index (χ0n) is 10.1. The SMILES string of the molecule is CC1C(=O)NCCN1C(=O)c1cc(I)cc(I)c1O. The van der Waals surface area contributed by atoms with Gasteiger partial charge in [0.1, 0.15) is 11.8 Å². The van der Waals surface area contributed by atoms with E-state index >= 15 is 0 Å². The number of carbonyl (C=O) groups is 2. The number of hydrogen-bond donors (Lipinski definition) is 2. The summed E-state index contributed by atoms with van der Waals surface area (Å²) >= 11 is 4.08. The number of piperazine rings is 1. The Morgan fingerprint density at radius 1 is 1.47 bits per heavy atom. The van der Waals surface area contributed by atoms with Crippen LogP contribution in [0.2, 0.25) is 0 Å². The molecule has 1 aromatic carbocycles. The van der Waals surface area contributed by atoms with E-state index in [9.17, 15) is 14.7 Å². The van der Waals surface area contributed by atoms with Crippen LogP contribution < -0.4 is 5.32 Å². The fourth-order valence-corrected chi connectivity index (χ4v) is 3.79. The third-order valence-electron chi connectivity index (χ3n) is 3.02. The standard InChI is InChI=1S/C12H12I2N2O3/c1-6-11(18)15-2-3-16(6)12(19)8-4-7(13)5-9(14)10(8)17/h4-6,17H,2-3H2,1H3,(H,15,18). The third-order valence-corrected chi connectivity index (χ3v) is 4.46. The second-order valence-electron chi connectivity index (χ2n) is 4.25. The van der Waals surface area contributed by atoms with E-state index in [4.69, 9.17) is 0 Å². The number of carbonyl (C=O) groups excluding carboxylic acids is 2. The number of phenolic OH excluding ortho intramolecular Hbond substituents is 1. The first kappa shape index (κ1) is 14.8. The van der Waals surface area contributed by atoms with Crippen LogP contribution in [0.1, 0.15) is 17.3 Å². The second-order valence-corrected chi connectivity index (χ2v) is 6.66. The minimum Gasteiger partial charge on any atom is -0.506 e. The maximum atomic E-state index is 12.5. The van der Waals surface area contributed by atoms with Crippen molar-refractivity contribution in [1.82, 2.24) is 10.2 Å². The van der Waals surface area contributed by atoms with E-state index in [0.717, 1.165) is 3.57 Å². The highest BCUT2D eigenvalue weighted by Gasteiger charge is 2.31. The Morgan fingerprint density at radius 3 is 2.84 bits per heavy atom. The molecule has 19 heavy (non-hydrogen) atoms.